The quantitative estimate of drug-likeness (QED) is 0.453. The van der Waals surface area contributed by atoms with Crippen molar-refractivity contribution in [2.45, 2.75) is 18.9 Å². The van der Waals surface area contributed by atoms with Crippen LogP contribution in [-0.2, 0) is 4.79 Å². The Balaban J connectivity index is 1.70. The molecule has 5 nitrogen and oxygen atoms in total. The Labute approximate surface area is 130 Å². The van der Waals surface area contributed by atoms with E-state index in [0.29, 0.717) is 5.56 Å². The molecule has 1 aliphatic heterocycles. The highest BCUT2D eigenvalue weighted by Crippen LogP contribution is 2.30. The van der Waals surface area contributed by atoms with Crippen LogP contribution in [0.5, 0.6) is 0 Å². The second-order valence-electron chi connectivity index (χ2n) is 5.05. The molecule has 3 amide bonds. The van der Waals surface area contributed by atoms with Crippen molar-refractivity contribution in [2.75, 3.05) is 13.1 Å². The molecular formula is C14H13IN2O3. The minimum atomic E-state index is -0.323. The lowest BCUT2D eigenvalue weighted by Crippen LogP contribution is -2.37. The Kier molecular flexibility index (Phi) is 3.49. The van der Waals surface area contributed by atoms with E-state index in [1.807, 2.05) is 12.1 Å². The van der Waals surface area contributed by atoms with Gasteiger partial charge in [-0.3, -0.25) is 14.5 Å². The Morgan fingerprint density at radius 2 is 1.85 bits per heavy atom. The molecule has 1 saturated carbocycles. The summed E-state index contributed by atoms with van der Waals surface area (Å²) in [5.41, 5.74) is 0.524. The van der Waals surface area contributed by atoms with Crippen LogP contribution >= 0.6 is 22.6 Å². The highest BCUT2D eigenvalue weighted by molar-refractivity contribution is 14.1. The standard InChI is InChI=1S/C14H13IN2O3/c15-10-3-1-9(2-4-10)12(18)7-17-13(19)8-16(14(17)20)11-5-6-11/h1-4,11H,5-8H2. The fourth-order valence-corrected chi connectivity index (χ4v) is 2.62. The average Bonchev–Trinajstić information content (AvgIpc) is 3.22. The molecule has 0 unspecified atom stereocenters. The normalized spacial score (nSPS) is 18.9. The molecule has 1 aromatic carbocycles. The number of rotatable bonds is 4. The SMILES string of the molecule is O=C(CN1C(=O)CN(C2CC2)C1=O)c1ccc(I)cc1. The number of benzene rings is 1. The average molecular weight is 384 g/mol. The molecule has 3 rings (SSSR count). The van der Waals surface area contributed by atoms with Gasteiger partial charge in [-0.05, 0) is 47.6 Å². The van der Waals surface area contributed by atoms with Crippen molar-refractivity contribution in [1.82, 2.24) is 9.80 Å². The number of halogens is 1. The molecule has 1 heterocycles. The number of amides is 3. The van der Waals surface area contributed by atoms with Gasteiger partial charge in [-0.15, -0.1) is 0 Å². The summed E-state index contributed by atoms with van der Waals surface area (Å²) in [5, 5.41) is 0. The first-order valence-corrected chi connectivity index (χ1v) is 7.54. The van der Waals surface area contributed by atoms with Crippen molar-refractivity contribution in [2.24, 2.45) is 0 Å². The minimum absolute atomic E-state index is 0.115. The number of ketones is 1. The monoisotopic (exact) mass is 384 g/mol. The van der Waals surface area contributed by atoms with Crippen LogP contribution in [0.3, 0.4) is 0 Å². The van der Waals surface area contributed by atoms with Crippen molar-refractivity contribution < 1.29 is 14.4 Å². The summed E-state index contributed by atoms with van der Waals surface area (Å²) >= 11 is 2.16. The molecule has 1 aromatic rings. The van der Waals surface area contributed by atoms with Crippen LogP contribution < -0.4 is 0 Å². The first-order chi connectivity index (χ1) is 9.56. The zero-order valence-corrected chi connectivity index (χ0v) is 12.9. The number of Topliss-reactive ketones (excluding diaryl/α,β-unsaturated/α-hetero) is 1. The van der Waals surface area contributed by atoms with Crippen LogP contribution in [0, 0.1) is 3.57 Å². The predicted molar refractivity (Wildman–Crippen MR) is 80.3 cm³/mol. The molecule has 1 saturated heterocycles. The summed E-state index contributed by atoms with van der Waals surface area (Å²) < 4.78 is 1.03. The van der Waals surface area contributed by atoms with Gasteiger partial charge in [0.25, 0.3) is 5.91 Å². The van der Waals surface area contributed by atoms with Crippen LogP contribution in [-0.4, -0.2) is 46.7 Å². The summed E-state index contributed by atoms with van der Waals surface area (Å²) in [6.07, 6.45) is 1.91. The molecular weight excluding hydrogens is 371 g/mol. The Morgan fingerprint density at radius 1 is 1.20 bits per heavy atom. The number of carbonyl (C=O) groups is 3. The van der Waals surface area contributed by atoms with E-state index >= 15 is 0 Å². The highest BCUT2D eigenvalue weighted by atomic mass is 127. The number of hydrogen-bond acceptors (Lipinski definition) is 3. The molecule has 0 bridgehead atoms. The van der Waals surface area contributed by atoms with Crippen molar-refractivity contribution >= 4 is 40.3 Å². The molecule has 0 spiro atoms. The molecule has 0 aromatic heterocycles. The summed E-state index contributed by atoms with van der Waals surface area (Å²) in [6.45, 7) is -0.0506. The van der Waals surface area contributed by atoms with E-state index in [2.05, 4.69) is 22.6 Å². The molecule has 104 valence electrons. The lowest BCUT2D eigenvalue weighted by molar-refractivity contribution is -0.125. The molecule has 0 atom stereocenters. The van der Waals surface area contributed by atoms with Gasteiger partial charge in [-0.1, -0.05) is 12.1 Å². The van der Waals surface area contributed by atoms with Gasteiger partial charge < -0.3 is 4.90 Å². The number of nitrogens with zero attached hydrogens (tertiary/aromatic N) is 2. The third kappa shape index (κ3) is 2.56. The Hall–Kier alpha value is -1.44. The number of imide groups is 1. The fraction of sp³-hybridized carbons (Fsp3) is 0.357. The van der Waals surface area contributed by atoms with Crippen molar-refractivity contribution in [3.8, 4) is 0 Å². The van der Waals surface area contributed by atoms with Crippen molar-refractivity contribution in [3.05, 3.63) is 33.4 Å². The van der Waals surface area contributed by atoms with Crippen LogP contribution in [0.25, 0.3) is 0 Å². The van der Waals surface area contributed by atoms with Crippen LogP contribution in [0.4, 0.5) is 4.79 Å². The van der Waals surface area contributed by atoms with E-state index in [9.17, 15) is 14.4 Å². The van der Waals surface area contributed by atoms with Gasteiger partial charge in [0.15, 0.2) is 5.78 Å². The van der Waals surface area contributed by atoms with Gasteiger partial charge >= 0.3 is 6.03 Å². The highest BCUT2D eigenvalue weighted by Gasteiger charge is 2.44. The molecule has 0 N–H and O–H groups in total. The Bertz CT molecular complexity index is 581. The van der Waals surface area contributed by atoms with E-state index in [1.165, 1.54) is 0 Å². The molecule has 2 fully saturated rings. The Morgan fingerprint density at radius 3 is 2.45 bits per heavy atom. The minimum Gasteiger partial charge on any atom is -0.312 e. The summed E-state index contributed by atoms with van der Waals surface area (Å²) in [6, 6.07) is 6.97. The van der Waals surface area contributed by atoms with Gasteiger partial charge in [0.2, 0.25) is 0 Å². The van der Waals surface area contributed by atoms with Crippen LogP contribution in [0.1, 0.15) is 23.2 Å². The second-order valence-corrected chi connectivity index (χ2v) is 6.30. The number of carbonyl (C=O) groups excluding carboxylic acids is 3. The third-order valence-electron chi connectivity index (χ3n) is 3.54. The van der Waals surface area contributed by atoms with Crippen LogP contribution in [0.15, 0.2) is 24.3 Å². The zero-order chi connectivity index (χ0) is 14.3. The first kappa shape index (κ1) is 13.5. The summed E-state index contributed by atoms with van der Waals surface area (Å²) in [4.78, 5) is 38.7. The van der Waals surface area contributed by atoms with Crippen molar-refractivity contribution in [1.29, 1.82) is 0 Å². The number of urea groups is 1. The molecule has 20 heavy (non-hydrogen) atoms. The summed E-state index contributed by atoms with van der Waals surface area (Å²) in [5.74, 6) is -0.485. The fourth-order valence-electron chi connectivity index (χ4n) is 2.26. The van der Waals surface area contributed by atoms with Gasteiger partial charge in [0, 0.05) is 15.2 Å². The van der Waals surface area contributed by atoms with E-state index in [-0.39, 0.29) is 36.9 Å². The topological polar surface area (TPSA) is 57.7 Å². The smallest absolute Gasteiger partial charge is 0.312 e. The van der Waals surface area contributed by atoms with E-state index in [0.717, 1.165) is 21.3 Å². The third-order valence-corrected chi connectivity index (χ3v) is 4.26. The largest absolute Gasteiger partial charge is 0.327 e. The maximum atomic E-state index is 12.1. The molecule has 2 aliphatic rings. The van der Waals surface area contributed by atoms with Gasteiger partial charge in [0.1, 0.15) is 6.54 Å². The maximum absolute atomic E-state index is 12.1. The predicted octanol–water partition coefficient (Wildman–Crippen LogP) is 1.90. The number of hydrogen-bond donors (Lipinski definition) is 0. The van der Waals surface area contributed by atoms with Crippen LogP contribution in [0.2, 0.25) is 0 Å². The van der Waals surface area contributed by atoms with E-state index in [1.54, 1.807) is 17.0 Å². The van der Waals surface area contributed by atoms with Gasteiger partial charge in [-0.2, -0.15) is 0 Å². The lowest BCUT2D eigenvalue weighted by atomic mass is 10.1. The lowest BCUT2D eigenvalue weighted by Gasteiger charge is -2.15. The second kappa shape index (κ2) is 5.16. The van der Waals surface area contributed by atoms with Gasteiger partial charge in [-0.25, -0.2) is 4.79 Å². The van der Waals surface area contributed by atoms with Crippen molar-refractivity contribution in [3.63, 3.8) is 0 Å². The van der Waals surface area contributed by atoms with E-state index < -0.39 is 0 Å². The zero-order valence-electron chi connectivity index (χ0n) is 10.7. The molecule has 1 aliphatic carbocycles. The van der Waals surface area contributed by atoms with E-state index in [4.69, 9.17) is 0 Å². The molecule has 6 heteroatoms. The summed E-state index contributed by atoms with van der Waals surface area (Å²) in [7, 11) is 0. The maximum Gasteiger partial charge on any atom is 0.327 e. The molecule has 0 radical (unpaired) electrons. The first-order valence-electron chi connectivity index (χ1n) is 6.46. The van der Waals surface area contributed by atoms with Gasteiger partial charge in [0.05, 0.1) is 6.54 Å².